The van der Waals surface area contributed by atoms with Gasteiger partial charge in [-0.05, 0) is 29.8 Å². The summed E-state index contributed by atoms with van der Waals surface area (Å²) >= 11 is 0. The zero-order valence-electron chi connectivity index (χ0n) is 12.3. The highest BCUT2D eigenvalue weighted by molar-refractivity contribution is 5.78. The van der Waals surface area contributed by atoms with E-state index in [0.717, 1.165) is 18.7 Å². The van der Waals surface area contributed by atoms with Crippen molar-refractivity contribution in [3.8, 4) is 5.75 Å². The van der Waals surface area contributed by atoms with Gasteiger partial charge in [-0.15, -0.1) is 0 Å². The van der Waals surface area contributed by atoms with Crippen molar-refractivity contribution in [1.82, 2.24) is 15.2 Å². The number of amides is 1. The molecule has 0 bridgehead atoms. The number of para-hydroxylation sites is 1. The van der Waals surface area contributed by atoms with Crippen molar-refractivity contribution >= 4 is 5.91 Å². The van der Waals surface area contributed by atoms with Gasteiger partial charge in [0.1, 0.15) is 5.75 Å². The standard InChI is InChI=1S/C17H19N3O2/c21-17(13-22-15-4-2-1-3-5-15)20-11-10-19-12-16(20)14-6-8-18-9-7-14/h1-9,16,19H,10-13H2. The molecule has 1 aromatic carbocycles. The summed E-state index contributed by atoms with van der Waals surface area (Å²) in [5.74, 6) is 0.721. The van der Waals surface area contributed by atoms with Gasteiger partial charge in [-0.2, -0.15) is 0 Å². The Bertz CT molecular complexity index is 604. The lowest BCUT2D eigenvalue weighted by molar-refractivity contribution is -0.136. The van der Waals surface area contributed by atoms with Crippen LogP contribution in [0.4, 0.5) is 0 Å². The average Bonchev–Trinajstić information content (AvgIpc) is 2.61. The maximum atomic E-state index is 12.5. The van der Waals surface area contributed by atoms with E-state index in [1.165, 1.54) is 0 Å². The minimum Gasteiger partial charge on any atom is -0.484 e. The molecule has 2 heterocycles. The summed E-state index contributed by atoms with van der Waals surface area (Å²) in [5, 5.41) is 3.34. The van der Waals surface area contributed by atoms with Crippen LogP contribution in [0.1, 0.15) is 11.6 Å². The van der Waals surface area contributed by atoms with Crippen molar-refractivity contribution < 1.29 is 9.53 Å². The molecule has 22 heavy (non-hydrogen) atoms. The second kappa shape index (κ2) is 7.04. The van der Waals surface area contributed by atoms with Crippen molar-refractivity contribution in [1.29, 1.82) is 0 Å². The zero-order chi connectivity index (χ0) is 15.2. The first-order chi connectivity index (χ1) is 10.8. The van der Waals surface area contributed by atoms with Gasteiger partial charge in [0.05, 0.1) is 6.04 Å². The molecule has 1 N–H and O–H groups in total. The first-order valence-electron chi connectivity index (χ1n) is 7.42. The van der Waals surface area contributed by atoms with Crippen LogP contribution in [-0.4, -0.2) is 42.0 Å². The van der Waals surface area contributed by atoms with Gasteiger partial charge < -0.3 is 15.0 Å². The van der Waals surface area contributed by atoms with Gasteiger partial charge in [0.25, 0.3) is 5.91 Å². The molecule has 1 atom stereocenters. The van der Waals surface area contributed by atoms with Gasteiger partial charge in [-0.1, -0.05) is 18.2 Å². The Morgan fingerprint density at radius 1 is 1.23 bits per heavy atom. The van der Waals surface area contributed by atoms with Gasteiger partial charge in [0.2, 0.25) is 0 Å². The molecule has 1 aliphatic heterocycles. The predicted molar refractivity (Wildman–Crippen MR) is 83.5 cm³/mol. The van der Waals surface area contributed by atoms with Gasteiger partial charge in [0, 0.05) is 32.0 Å². The Morgan fingerprint density at radius 3 is 2.77 bits per heavy atom. The summed E-state index contributed by atoms with van der Waals surface area (Å²) in [6, 6.07) is 13.4. The van der Waals surface area contributed by atoms with Gasteiger partial charge >= 0.3 is 0 Å². The van der Waals surface area contributed by atoms with Crippen LogP contribution in [0.25, 0.3) is 0 Å². The highest BCUT2D eigenvalue weighted by Gasteiger charge is 2.27. The van der Waals surface area contributed by atoms with Crippen LogP contribution >= 0.6 is 0 Å². The van der Waals surface area contributed by atoms with Crippen LogP contribution in [0.2, 0.25) is 0 Å². The van der Waals surface area contributed by atoms with Crippen molar-refractivity contribution in [3.05, 3.63) is 60.4 Å². The second-order valence-electron chi connectivity index (χ2n) is 5.19. The molecule has 3 rings (SSSR count). The Hall–Kier alpha value is -2.40. The highest BCUT2D eigenvalue weighted by atomic mass is 16.5. The predicted octanol–water partition coefficient (Wildman–Crippen LogP) is 1.63. The average molecular weight is 297 g/mol. The van der Waals surface area contributed by atoms with Crippen LogP contribution in [0.15, 0.2) is 54.9 Å². The van der Waals surface area contributed by atoms with Gasteiger partial charge in [-0.3, -0.25) is 9.78 Å². The Kier molecular flexibility index (Phi) is 4.65. The molecule has 2 aromatic rings. The van der Waals surface area contributed by atoms with E-state index in [1.807, 2.05) is 47.4 Å². The van der Waals surface area contributed by atoms with Crippen molar-refractivity contribution in [2.24, 2.45) is 0 Å². The molecule has 1 aromatic heterocycles. The van der Waals surface area contributed by atoms with Crippen molar-refractivity contribution in [2.75, 3.05) is 26.2 Å². The lowest BCUT2D eigenvalue weighted by Gasteiger charge is -2.36. The van der Waals surface area contributed by atoms with Crippen LogP contribution in [-0.2, 0) is 4.79 Å². The molecule has 0 spiro atoms. The number of nitrogens with zero attached hydrogens (tertiary/aromatic N) is 2. The summed E-state index contributed by atoms with van der Waals surface area (Å²) in [6.45, 7) is 2.30. The summed E-state index contributed by atoms with van der Waals surface area (Å²) < 4.78 is 5.58. The molecule has 1 unspecified atom stereocenters. The molecule has 5 nitrogen and oxygen atoms in total. The van der Waals surface area contributed by atoms with E-state index in [9.17, 15) is 4.79 Å². The van der Waals surface area contributed by atoms with Crippen molar-refractivity contribution in [2.45, 2.75) is 6.04 Å². The van der Waals surface area contributed by atoms with E-state index < -0.39 is 0 Å². The maximum Gasteiger partial charge on any atom is 0.261 e. The molecule has 1 aliphatic rings. The highest BCUT2D eigenvalue weighted by Crippen LogP contribution is 2.22. The third kappa shape index (κ3) is 3.43. The quantitative estimate of drug-likeness (QED) is 0.932. The number of ether oxygens (including phenoxy) is 1. The summed E-state index contributed by atoms with van der Waals surface area (Å²) in [5.41, 5.74) is 1.09. The second-order valence-corrected chi connectivity index (χ2v) is 5.19. The number of nitrogens with one attached hydrogen (secondary N) is 1. The van der Waals surface area contributed by atoms with E-state index in [4.69, 9.17) is 4.74 Å². The molecule has 0 aliphatic carbocycles. The molecule has 1 fully saturated rings. The number of pyridine rings is 1. The number of rotatable bonds is 4. The molecule has 114 valence electrons. The molecule has 1 amide bonds. The normalized spacial score (nSPS) is 18.0. The number of aromatic nitrogens is 1. The first kappa shape index (κ1) is 14.5. The van der Waals surface area contributed by atoms with E-state index in [-0.39, 0.29) is 18.6 Å². The lowest BCUT2D eigenvalue weighted by Crippen LogP contribution is -2.50. The van der Waals surface area contributed by atoms with E-state index in [0.29, 0.717) is 12.3 Å². The number of piperazine rings is 1. The molecular weight excluding hydrogens is 278 g/mol. The van der Waals surface area contributed by atoms with E-state index in [2.05, 4.69) is 10.3 Å². The Morgan fingerprint density at radius 2 is 2.00 bits per heavy atom. The van der Waals surface area contributed by atoms with Crippen molar-refractivity contribution in [3.63, 3.8) is 0 Å². The molecule has 5 heteroatoms. The monoisotopic (exact) mass is 297 g/mol. The number of carbonyl (C=O) groups excluding carboxylic acids is 1. The SMILES string of the molecule is O=C(COc1ccccc1)N1CCNCC1c1ccncc1. The smallest absolute Gasteiger partial charge is 0.261 e. The summed E-state index contributed by atoms with van der Waals surface area (Å²) in [6.07, 6.45) is 3.51. The van der Waals surface area contributed by atoms with Crippen LogP contribution < -0.4 is 10.1 Å². The Balaban J connectivity index is 1.66. The topological polar surface area (TPSA) is 54.5 Å². The van der Waals surface area contributed by atoms with Gasteiger partial charge in [0.15, 0.2) is 6.61 Å². The summed E-state index contributed by atoms with van der Waals surface area (Å²) in [7, 11) is 0. The van der Waals surface area contributed by atoms with E-state index in [1.54, 1.807) is 12.4 Å². The molecule has 0 radical (unpaired) electrons. The minimum absolute atomic E-state index is 0.00663. The first-order valence-corrected chi connectivity index (χ1v) is 7.42. The minimum atomic E-state index is 0.00663. The summed E-state index contributed by atoms with van der Waals surface area (Å²) in [4.78, 5) is 18.4. The fourth-order valence-electron chi connectivity index (χ4n) is 2.63. The number of hydrogen-bond acceptors (Lipinski definition) is 4. The van der Waals surface area contributed by atoms with Crippen LogP contribution in [0, 0.1) is 0 Å². The number of benzene rings is 1. The van der Waals surface area contributed by atoms with Crippen LogP contribution in [0.3, 0.4) is 0 Å². The Labute approximate surface area is 129 Å². The molecule has 1 saturated heterocycles. The third-order valence-corrected chi connectivity index (χ3v) is 3.76. The number of carbonyl (C=O) groups is 1. The van der Waals surface area contributed by atoms with Crippen LogP contribution in [0.5, 0.6) is 5.75 Å². The molecule has 0 saturated carbocycles. The largest absolute Gasteiger partial charge is 0.484 e. The number of hydrogen-bond donors (Lipinski definition) is 1. The fraction of sp³-hybridized carbons (Fsp3) is 0.294. The maximum absolute atomic E-state index is 12.5. The zero-order valence-corrected chi connectivity index (χ0v) is 12.3. The lowest BCUT2D eigenvalue weighted by atomic mass is 10.0. The van der Waals surface area contributed by atoms with E-state index >= 15 is 0 Å². The molecular formula is C17H19N3O2. The van der Waals surface area contributed by atoms with Gasteiger partial charge in [-0.25, -0.2) is 0 Å². The third-order valence-electron chi connectivity index (χ3n) is 3.76. The fourth-order valence-corrected chi connectivity index (χ4v) is 2.63.